The molecule has 0 spiro atoms. The van der Waals surface area contributed by atoms with Gasteiger partial charge >= 0.3 is 18.0 Å². The first-order valence-corrected chi connectivity index (χ1v) is 29.3. The lowest BCUT2D eigenvalue weighted by atomic mass is 10.0. The largest absolute Gasteiger partial charge is 0.462 e. The van der Waals surface area contributed by atoms with Gasteiger partial charge in [-0.25, -0.2) is 4.79 Å². The van der Waals surface area contributed by atoms with Crippen molar-refractivity contribution in [3.05, 3.63) is 0 Å². The normalized spacial score (nSPS) is 11.7. The van der Waals surface area contributed by atoms with Crippen molar-refractivity contribution in [2.45, 2.75) is 316 Å². The number of aliphatic hydroxyl groups excluding tert-OH is 1. The van der Waals surface area contributed by atoms with Crippen molar-refractivity contribution < 1.29 is 33.7 Å². The highest BCUT2D eigenvalue weighted by molar-refractivity contribution is 5.70. The third-order valence-corrected chi connectivity index (χ3v) is 13.6. The van der Waals surface area contributed by atoms with E-state index in [1.165, 1.54) is 77.0 Å². The molecule has 0 aliphatic heterocycles. The molecule has 67 heavy (non-hydrogen) atoms. The Bertz CT molecular complexity index is 992. The second-order valence-corrected chi connectivity index (χ2v) is 20.6. The molecule has 0 aromatic rings. The van der Waals surface area contributed by atoms with Crippen LogP contribution in [0.1, 0.15) is 297 Å². The van der Waals surface area contributed by atoms with Crippen molar-refractivity contribution in [2.24, 2.45) is 0 Å². The molecule has 9 nitrogen and oxygen atoms in total. The van der Waals surface area contributed by atoms with Crippen LogP contribution in [-0.2, 0) is 23.8 Å². The van der Waals surface area contributed by atoms with Crippen LogP contribution in [0.2, 0.25) is 0 Å². The summed E-state index contributed by atoms with van der Waals surface area (Å²) < 4.78 is 18.4. The fourth-order valence-corrected chi connectivity index (χ4v) is 9.20. The van der Waals surface area contributed by atoms with Gasteiger partial charge in [-0.15, -0.1) is 0 Å². The van der Waals surface area contributed by atoms with E-state index in [0.29, 0.717) is 19.4 Å². The van der Waals surface area contributed by atoms with Gasteiger partial charge in [0.25, 0.3) is 0 Å². The molecule has 0 rings (SSSR count). The van der Waals surface area contributed by atoms with Crippen LogP contribution in [0, 0.1) is 0 Å². The topological polar surface area (TPSA) is 106 Å². The summed E-state index contributed by atoms with van der Waals surface area (Å²) in [5.74, 6) is -0.0220. The Labute approximate surface area is 416 Å². The number of carbonyl (C=O) groups excluding carboxylic acids is 3. The van der Waals surface area contributed by atoms with Gasteiger partial charge < -0.3 is 29.1 Å². The molecule has 0 unspecified atom stereocenters. The summed E-state index contributed by atoms with van der Waals surface area (Å²) in [7, 11) is 4.15. The fraction of sp³-hybridized carbons (Fsp3) is 0.948. The van der Waals surface area contributed by atoms with Crippen LogP contribution in [0.25, 0.3) is 0 Å². The van der Waals surface area contributed by atoms with Gasteiger partial charge in [0.1, 0.15) is 18.3 Å². The Kier molecular flexibility index (Phi) is 49.1. The van der Waals surface area contributed by atoms with Crippen LogP contribution in [0.5, 0.6) is 0 Å². The zero-order chi connectivity index (χ0) is 49.3. The summed E-state index contributed by atoms with van der Waals surface area (Å²) in [4.78, 5) is 43.5. The molecular weight excluding hydrogens is 837 g/mol. The number of carbonyl (C=O) groups is 3. The summed E-state index contributed by atoms with van der Waals surface area (Å²) in [6.07, 6.45) is 44.8. The molecule has 0 fully saturated rings. The SMILES string of the molecule is CCCCCCC(CCCCCC)OC(=O)CCCCCCCCC(CCCCCCCCC(=O)OC(CCCCCC)CCCCCC)OC(=O)N(CCCCCCCO)CCCN(C)C. The van der Waals surface area contributed by atoms with E-state index >= 15 is 0 Å². The Hall–Kier alpha value is -1.87. The maximum absolute atomic E-state index is 13.7. The molecular formula is C58H114N2O7. The van der Waals surface area contributed by atoms with E-state index in [0.717, 1.165) is 193 Å². The predicted molar refractivity (Wildman–Crippen MR) is 284 cm³/mol. The summed E-state index contributed by atoms with van der Waals surface area (Å²) in [6.45, 7) is 11.6. The highest BCUT2D eigenvalue weighted by atomic mass is 16.6. The molecule has 0 saturated carbocycles. The Morgan fingerprint density at radius 2 is 0.657 bits per heavy atom. The Morgan fingerprint density at radius 3 is 1.01 bits per heavy atom. The lowest BCUT2D eigenvalue weighted by Gasteiger charge is -2.26. The smallest absolute Gasteiger partial charge is 0.410 e. The molecule has 0 aliphatic rings. The van der Waals surface area contributed by atoms with Gasteiger partial charge in [0.15, 0.2) is 0 Å². The minimum atomic E-state index is -0.161. The van der Waals surface area contributed by atoms with Crippen molar-refractivity contribution in [3.63, 3.8) is 0 Å². The second-order valence-electron chi connectivity index (χ2n) is 20.6. The van der Waals surface area contributed by atoms with Crippen LogP contribution < -0.4 is 0 Å². The van der Waals surface area contributed by atoms with Crippen LogP contribution in [0.3, 0.4) is 0 Å². The molecule has 0 radical (unpaired) electrons. The summed E-state index contributed by atoms with van der Waals surface area (Å²) in [5.41, 5.74) is 0. The molecule has 1 N–H and O–H groups in total. The fourth-order valence-electron chi connectivity index (χ4n) is 9.20. The number of rotatable bonds is 52. The van der Waals surface area contributed by atoms with Crippen LogP contribution in [0.15, 0.2) is 0 Å². The van der Waals surface area contributed by atoms with Crippen molar-refractivity contribution in [1.82, 2.24) is 9.80 Å². The molecule has 0 aliphatic carbocycles. The highest BCUT2D eigenvalue weighted by Gasteiger charge is 2.21. The molecule has 0 atom stereocenters. The van der Waals surface area contributed by atoms with Gasteiger partial charge in [-0.3, -0.25) is 9.59 Å². The summed E-state index contributed by atoms with van der Waals surface area (Å²) >= 11 is 0. The van der Waals surface area contributed by atoms with Crippen LogP contribution in [-0.4, -0.2) is 91.6 Å². The first-order chi connectivity index (χ1) is 32.7. The highest BCUT2D eigenvalue weighted by Crippen LogP contribution is 2.22. The van der Waals surface area contributed by atoms with Crippen molar-refractivity contribution in [2.75, 3.05) is 40.3 Å². The second kappa shape index (κ2) is 50.5. The zero-order valence-corrected chi connectivity index (χ0v) is 45.6. The molecule has 9 heteroatoms. The monoisotopic (exact) mass is 951 g/mol. The molecule has 0 bridgehead atoms. The Morgan fingerprint density at radius 1 is 0.358 bits per heavy atom. The lowest BCUT2D eigenvalue weighted by Crippen LogP contribution is -2.37. The number of ether oxygens (including phenoxy) is 3. The van der Waals surface area contributed by atoms with Crippen LogP contribution in [0.4, 0.5) is 4.79 Å². The number of aliphatic hydroxyl groups is 1. The first-order valence-electron chi connectivity index (χ1n) is 29.3. The Balaban J connectivity index is 5.02. The van der Waals surface area contributed by atoms with Gasteiger partial charge in [-0.05, 0) is 130 Å². The number of nitrogens with zero attached hydrogens (tertiary/aromatic N) is 2. The average molecular weight is 952 g/mol. The third kappa shape index (κ3) is 45.0. The predicted octanol–water partition coefficient (Wildman–Crippen LogP) is 16.6. The van der Waals surface area contributed by atoms with Gasteiger partial charge in [0, 0.05) is 32.5 Å². The lowest BCUT2D eigenvalue weighted by molar-refractivity contribution is -0.151. The van der Waals surface area contributed by atoms with Gasteiger partial charge in [0.2, 0.25) is 0 Å². The van der Waals surface area contributed by atoms with E-state index in [1.807, 2.05) is 4.90 Å². The van der Waals surface area contributed by atoms with E-state index in [9.17, 15) is 14.4 Å². The standard InChI is InChI=1S/C58H114N2O7/c1-7-11-15-30-41-53(42-31-16-12-8-2)65-56(62)47-36-26-21-19-24-34-45-55(67-58(64)60(51-40-49-59(5)6)50-38-28-23-29-39-52-61)46-35-25-20-22-27-37-48-57(63)66-54(43-32-17-13-9-3)44-33-18-14-10-4/h53-55,61H,7-52H2,1-6H3. The van der Waals surface area contributed by atoms with Gasteiger partial charge in [0.05, 0.1) is 0 Å². The van der Waals surface area contributed by atoms with Crippen molar-refractivity contribution in [3.8, 4) is 0 Å². The molecule has 0 aromatic heterocycles. The molecule has 0 heterocycles. The number of hydrogen-bond acceptors (Lipinski definition) is 8. The number of unbranched alkanes of at least 4 members (excludes halogenated alkanes) is 26. The maximum Gasteiger partial charge on any atom is 0.410 e. The summed E-state index contributed by atoms with van der Waals surface area (Å²) in [5, 5.41) is 9.17. The zero-order valence-electron chi connectivity index (χ0n) is 45.6. The van der Waals surface area contributed by atoms with E-state index in [4.69, 9.17) is 19.3 Å². The van der Waals surface area contributed by atoms with Crippen LogP contribution >= 0.6 is 0 Å². The van der Waals surface area contributed by atoms with E-state index in [1.54, 1.807) is 0 Å². The summed E-state index contributed by atoms with van der Waals surface area (Å²) in [6, 6.07) is 0. The minimum absolute atomic E-state index is 0.0110. The van der Waals surface area contributed by atoms with Crippen molar-refractivity contribution in [1.29, 1.82) is 0 Å². The van der Waals surface area contributed by atoms with E-state index < -0.39 is 0 Å². The van der Waals surface area contributed by atoms with E-state index in [-0.39, 0.29) is 43.0 Å². The van der Waals surface area contributed by atoms with Gasteiger partial charge in [-0.2, -0.15) is 0 Å². The molecule has 0 aromatic carbocycles. The molecule has 1 amide bonds. The molecule has 0 saturated heterocycles. The number of amides is 1. The van der Waals surface area contributed by atoms with Crippen molar-refractivity contribution >= 4 is 18.0 Å². The number of esters is 2. The first kappa shape index (κ1) is 65.1. The minimum Gasteiger partial charge on any atom is -0.462 e. The third-order valence-electron chi connectivity index (χ3n) is 13.6. The average Bonchev–Trinajstić information content (AvgIpc) is 3.31. The van der Waals surface area contributed by atoms with E-state index in [2.05, 4.69) is 46.7 Å². The van der Waals surface area contributed by atoms with Gasteiger partial charge in [-0.1, -0.05) is 175 Å². The quantitative estimate of drug-likeness (QED) is 0.0365. The maximum atomic E-state index is 13.7. The molecule has 398 valence electrons. The number of hydrogen-bond donors (Lipinski definition) is 1.